The Morgan fingerprint density at radius 1 is 1.38 bits per heavy atom. The molecule has 2 heterocycles. The first-order valence-electron chi connectivity index (χ1n) is 7.60. The van der Waals surface area contributed by atoms with Gasteiger partial charge >= 0.3 is 0 Å². The van der Waals surface area contributed by atoms with Crippen molar-refractivity contribution >= 4 is 22.7 Å². The molecule has 0 aliphatic carbocycles. The number of fused-ring (bicyclic) bond motifs is 1. The predicted octanol–water partition coefficient (Wildman–Crippen LogP) is 2.98. The van der Waals surface area contributed by atoms with E-state index in [-0.39, 0.29) is 0 Å². The highest BCUT2D eigenvalue weighted by molar-refractivity contribution is 7.99. The van der Waals surface area contributed by atoms with Gasteiger partial charge in [0.2, 0.25) is 0 Å². The average Bonchev–Trinajstić information content (AvgIpc) is 2.50. The Kier molecular flexibility index (Phi) is 4.48. The van der Waals surface area contributed by atoms with Gasteiger partial charge in [-0.15, -0.1) is 0 Å². The average molecular weight is 301 g/mol. The van der Waals surface area contributed by atoms with Crippen LogP contribution in [0.2, 0.25) is 0 Å². The fourth-order valence-corrected chi connectivity index (χ4v) is 4.16. The van der Waals surface area contributed by atoms with Crippen molar-refractivity contribution in [2.45, 2.75) is 25.9 Å². The van der Waals surface area contributed by atoms with E-state index in [1.807, 2.05) is 18.7 Å². The van der Waals surface area contributed by atoms with E-state index in [0.29, 0.717) is 18.6 Å². The maximum Gasteiger partial charge on any atom is 0.0705 e. The van der Waals surface area contributed by atoms with Gasteiger partial charge in [0, 0.05) is 47.8 Å². The third-order valence-corrected chi connectivity index (χ3v) is 5.47. The van der Waals surface area contributed by atoms with E-state index in [1.54, 1.807) is 0 Å². The van der Waals surface area contributed by atoms with Crippen LogP contribution in [0.1, 0.15) is 24.2 Å². The summed E-state index contributed by atoms with van der Waals surface area (Å²) in [6.07, 6.45) is 0. The number of nitrogens with zero attached hydrogens (tertiary/aromatic N) is 2. The summed E-state index contributed by atoms with van der Waals surface area (Å²) in [6.45, 7) is 6.13. The highest BCUT2D eigenvalue weighted by atomic mass is 32.2. The van der Waals surface area contributed by atoms with Gasteiger partial charge in [0.1, 0.15) is 0 Å². The number of nitrogens with two attached hydrogens (primary N) is 1. The topological polar surface area (TPSA) is 42.1 Å². The Morgan fingerprint density at radius 3 is 3.00 bits per heavy atom. The molecule has 1 aromatic heterocycles. The van der Waals surface area contributed by atoms with E-state index in [4.69, 9.17) is 5.73 Å². The molecule has 0 saturated carbocycles. The standard InChI is InChI=1S/C17H23N3S/c1-12-3-4-14-9-15(5-6-16(14)19-12)17(10-18)20-7-8-21-11-13(20)2/h3-6,9,13,17H,7-8,10-11,18H2,1-2H3. The minimum atomic E-state index is 0.312. The molecule has 2 atom stereocenters. The fourth-order valence-electron chi connectivity index (χ4n) is 3.12. The molecule has 112 valence electrons. The lowest BCUT2D eigenvalue weighted by Gasteiger charge is -2.39. The smallest absolute Gasteiger partial charge is 0.0705 e. The number of aryl methyl sites for hydroxylation is 1. The number of hydrogen-bond acceptors (Lipinski definition) is 4. The van der Waals surface area contributed by atoms with Crippen LogP contribution in [0.3, 0.4) is 0 Å². The van der Waals surface area contributed by atoms with Crippen molar-refractivity contribution < 1.29 is 0 Å². The Bertz CT molecular complexity index is 628. The molecule has 3 nitrogen and oxygen atoms in total. The van der Waals surface area contributed by atoms with Crippen LogP contribution < -0.4 is 5.73 Å². The molecule has 1 aliphatic rings. The predicted molar refractivity (Wildman–Crippen MR) is 91.8 cm³/mol. The molecule has 21 heavy (non-hydrogen) atoms. The number of hydrogen-bond donors (Lipinski definition) is 1. The molecule has 4 heteroatoms. The lowest BCUT2D eigenvalue weighted by molar-refractivity contribution is 0.166. The fraction of sp³-hybridized carbons (Fsp3) is 0.471. The summed E-state index contributed by atoms with van der Waals surface area (Å²) >= 11 is 2.04. The van der Waals surface area contributed by atoms with Gasteiger partial charge in [-0.2, -0.15) is 11.8 Å². The maximum absolute atomic E-state index is 6.10. The third-order valence-electron chi connectivity index (χ3n) is 4.28. The monoisotopic (exact) mass is 301 g/mol. The van der Waals surface area contributed by atoms with Crippen LogP contribution in [0, 0.1) is 6.92 Å². The summed E-state index contributed by atoms with van der Waals surface area (Å²) in [4.78, 5) is 7.14. The summed E-state index contributed by atoms with van der Waals surface area (Å²) in [5, 5.41) is 1.20. The molecule has 1 saturated heterocycles. The second-order valence-corrected chi connectivity index (χ2v) is 6.97. The molecule has 0 amide bonds. The lowest BCUT2D eigenvalue weighted by atomic mass is 10.0. The number of aromatic nitrogens is 1. The summed E-state index contributed by atoms with van der Waals surface area (Å²) in [7, 11) is 0. The quantitative estimate of drug-likeness (QED) is 0.946. The largest absolute Gasteiger partial charge is 0.329 e. The summed E-state index contributed by atoms with van der Waals surface area (Å²) < 4.78 is 0. The molecule has 2 unspecified atom stereocenters. The van der Waals surface area contributed by atoms with Gasteiger partial charge in [0.25, 0.3) is 0 Å². The van der Waals surface area contributed by atoms with Crippen molar-refractivity contribution in [1.29, 1.82) is 0 Å². The lowest BCUT2D eigenvalue weighted by Crippen LogP contribution is -2.45. The van der Waals surface area contributed by atoms with Gasteiger partial charge < -0.3 is 5.73 Å². The van der Waals surface area contributed by atoms with Crippen molar-refractivity contribution in [3.63, 3.8) is 0 Å². The van der Waals surface area contributed by atoms with Crippen molar-refractivity contribution in [2.24, 2.45) is 5.73 Å². The normalized spacial score (nSPS) is 21.6. The summed E-state index contributed by atoms with van der Waals surface area (Å²) in [6, 6.07) is 11.7. The van der Waals surface area contributed by atoms with Gasteiger partial charge in [-0.05, 0) is 37.6 Å². The Hall–Kier alpha value is -1.10. The molecular formula is C17H23N3S. The van der Waals surface area contributed by atoms with Crippen molar-refractivity contribution in [3.8, 4) is 0 Å². The zero-order valence-corrected chi connectivity index (χ0v) is 13.6. The molecule has 0 bridgehead atoms. The van der Waals surface area contributed by atoms with Crippen molar-refractivity contribution in [2.75, 3.05) is 24.6 Å². The zero-order valence-electron chi connectivity index (χ0n) is 12.7. The van der Waals surface area contributed by atoms with Gasteiger partial charge in [-0.1, -0.05) is 12.1 Å². The summed E-state index contributed by atoms with van der Waals surface area (Å²) in [5.41, 5.74) is 9.54. The molecule has 1 aromatic carbocycles. The van der Waals surface area contributed by atoms with Crippen LogP contribution in [0.4, 0.5) is 0 Å². The van der Waals surface area contributed by atoms with Crippen LogP contribution in [0.25, 0.3) is 10.9 Å². The van der Waals surface area contributed by atoms with Crippen LogP contribution in [-0.2, 0) is 0 Å². The van der Waals surface area contributed by atoms with E-state index in [2.05, 4.69) is 47.1 Å². The molecule has 0 spiro atoms. The van der Waals surface area contributed by atoms with E-state index in [1.165, 1.54) is 22.5 Å². The van der Waals surface area contributed by atoms with Gasteiger partial charge in [-0.25, -0.2) is 0 Å². The second kappa shape index (κ2) is 6.34. The highest BCUT2D eigenvalue weighted by Crippen LogP contribution is 2.28. The molecule has 3 rings (SSSR count). The molecule has 2 aromatic rings. The number of thioether (sulfide) groups is 1. The van der Waals surface area contributed by atoms with Crippen LogP contribution >= 0.6 is 11.8 Å². The maximum atomic E-state index is 6.10. The van der Waals surface area contributed by atoms with Gasteiger partial charge in [-0.3, -0.25) is 9.88 Å². The second-order valence-electron chi connectivity index (χ2n) is 5.82. The Morgan fingerprint density at radius 2 is 2.24 bits per heavy atom. The number of rotatable bonds is 3. The van der Waals surface area contributed by atoms with E-state index < -0.39 is 0 Å². The van der Waals surface area contributed by atoms with Crippen molar-refractivity contribution in [1.82, 2.24) is 9.88 Å². The summed E-state index contributed by atoms with van der Waals surface area (Å²) in [5.74, 6) is 2.40. The molecule has 2 N–H and O–H groups in total. The van der Waals surface area contributed by atoms with Gasteiger partial charge in [0.05, 0.1) is 5.52 Å². The van der Waals surface area contributed by atoms with E-state index >= 15 is 0 Å². The zero-order chi connectivity index (χ0) is 14.8. The number of benzene rings is 1. The SMILES string of the molecule is Cc1ccc2cc(C(CN)N3CCSCC3C)ccc2n1. The first kappa shape index (κ1) is 14.8. The van der Waals surface area contributed by atoms with Crippen LogP contribution in [0.5, 0.6) is 0 Å². The van der Waals surface area contributed by atoms with Crippen LogP contribution in [0.15, 0.2) is 30.3 Å². The third kappa shape index (κ3) is 3.07. The molecule has 1 aliphatic heterocycles. The number of pyridine rings is 1. The first-order valence-corrected chi connectivity index (χ1v) is 8.75. The Labute approximate surface area is 130 Å². The molecule has 1 fully saturated rings. The Balaban J connectivity index is 1.94. The highest BCUT2D eigenvalue weighted by Gasteiger charge is 2.26. The van der Waals surface area contributed by atoms with E-state index in [9.17, 15) is 0 Å². The van der Waals surface area contributed by atoms with Crippen molar-refractivity contribution in [3.05, 3.63) is 41.6 Å². The molecule has 0 radical (unpaired) electrons. The minimum absolute atomic E-state index is 0.312. The van der Waals surface area contributed by atoms with Gasteiger partial charge in [0.15, 0.2) is 0 Å². The van der Waals surface area contributed by atoms with Crippen LogP contribution in [-0.4, -0.2) is 40.5 Å². The minimum Gasteiger partial charge on any atom is -0.329 e. The first-order chi connectivity index (χ1) is 10.2. The molecular weight excluding hydrogens is 278 g/mol. The van der Waals surface area contributed by atoms with E-state index in [0.717, 1.165) is 17.8 Å².